The molecule has 0 atom stereocenters. The van der Waals surface area contributed by atoms with Gasteiger partial charge in [-0.2, -0.15) is 15.8 Å². The van der Waals surface area contributed by atoms with E-state index >= 15 is 0 Å². The Morgan fingerprint density at radius 2 is 1.36 bits per heavy atom. The van der Waals surface area contributed by atoms with Crippen molar-refractivity contribution < 1.29 is 14.2 Å². The van der Waals surface area contributed by atoms with Crippen molar-refractivity contribution in [3.05, 3.63) is 33.3 Å². The van der Waals surface area contributed by atoms with Crippen molar-refractivity contribution in [3.63, 3.8) is 0 Å². The van der Waals surface area contributed by atoms with Crippen LogP contribution in [0.3, 0.4) is 0 Å². The van der Waals surface area contributed by atoms with Crippen molar-refractivity contribution in [2.45, 2.75) is 10.1 Å². The molecule has 28 heavy (non-hydrogen) atoms. The number of allylic oxidation sites excluding steroid dienone is 1. The van der Waals surface area contributed by atoms with Gasteiger partial charge in [0.05, 0.1) is 31.1 Å². The van der Waals surface area contributed by atoms with Gasteiger partial charge in [0.25, 0.3) is 0 Å². The van der Waals surface area contributed by atoms with E-state index in [1.165, 1.54) is 44.9 Å². The minimum atomic E-state index is -0.0399. The lowest BCUT2D eigenvalue weighted by Gasteiger charge is -2.14. The normalized spacial score (nSPS) is 11.6. The summed E-state index contributed by atoms with van der Waals surface area (Å²) in [5.41, 5.74) is 0.857. The number of hydrogen-bond acceptors (Lipinski definition) is 10. The number of thioether (sulfide) groups is 2. The first-order chi connectivity index (χ1) is 13.6. The summed E-state index contributed by atoms with van der Waals surface area (Å²) in [7, 11) is 4.49. The van der Waals surface area contributed by atoms with Gasteiger partial charge < -0.3 is 14.2 Å². The summed E-state index contributed by atoms with van der Waals surface area (Å²) in [4.78, 5) is 8.36. The molecule has 3 rings (SSSR count). The number of nitriles is 3. The SMILES string of the molecule is COc1cc(C(C#N)=C2Sc3nc(C#N)c(C#N)nc3S2)cc(OC)c1OC. The zero-order chi connectivity index (χ0) is 20.3. The summed E-state index contributed by atoms with van der Waals surface area (Å²) in [6.45, 7) is 0. The molecule has 0 spiro atoms. The summed E-state index contributed by atoms with van der Waals surface area (Å²) in [5.74, 6) is 1.27. The molecule has 0 unspecified atom stereocenters. The van der Waals surface area contributed by atoms with Gasteiger partial charge in [0, 0.05) is 5.56 Å². The van der Waals surface area contributed by atoms with Gasteiger partial charge in [-0.1, -0.05) is 23.5 Å². The van der Waals surface area contributed by atoms with E-state index in [0.29, 0.717) is 42.7 Å². The van der Waals surface area contributed by atoms with Crippen molar-refractivity contribution in [2.75, 3.05) is 21.3 Å². The Kier molecular flexibility index (Phi) is 5.60. The predicted octanol–water partition coefficient (Wildman–Crippen LogP) is 3.34. The van der Waals surface area contributed by atoms with Crippen molar-refractivity contribution in [1.29, 1.82) is 15.8 Å². The van der Waals surface area contributed by atoms with Crippen LogP contribution in [-0.4, -0.2) is 31.3 Å². The van der Waals surface area contributed by atoms with Crippen molar-refractivity contribution in [2.24, 2.45) is 0 Å². The minimum absolute atomic E-state index is 0.0399. The molecule has 1 aromatic carbocycles. The van der Waals surface area contributed by atoms with Crippen LogP contribution in [0.2, 0.25) is 0 Å². The standard InChI is InChI=1S/C18H11N5O3S2/c1-24-13-4-9(5-14(25-2)15(13)26-3)10(6-19)18-27-16-17(28-18)23-12(8-21)11(7-20)22-16/h4-5H,1-3H3. The Morgan fingerprint density at radius 1 is 0.857 bits per heavy atom. The average Bonchev–Trinajstić information content (AvgIpc) is 3.14. The number of aromatic nitrogens is 2. The molecular formula is C18H11N5O3S2. The number of hydrogen-bond donors (Lipinski definition) is 0. The number of benzene rings is 1. The maximum Gasteiger partial charge on any atom is 0.203 e. The zero-order valence-corrected chi connectivity index (χ0v) is 16.6. The van der Waals surface area contributed by atoms with Gasteiger partial charge in [0.1, 0.15) is 28.3 Å². The first-order valence-corrected chi connectivity index (χ1v) is 9.26. The topological polar surface area (TPSA) is 125 Å². The monoisotopic (exact) mass is 409 g/mol. The maximum absolute atomic E-state index is 9.78. The van der Waals surface area contributed by atoms with Gasteiger partial charge in [0.2, 0.25) is 5.75 Å². The molecule has 10 heteroatoms. The quantitative estimate of drug-likeness (QED) is 0.694. The Bertz CT molecular complexity index is 1060. The van der Waals surface area contributed by atoms with Crippen LogP contribution in [-0.2, 0) is 0 Å². The van der Waals surface area contributed by atoms with Gasteiger partial charge in [-0.15, -0.1) is 0 Å². The van der Waals surface area contributed by atoms with Crippen molar-refractivity contribution in [1.82, 2.24) is 9.97 Å². The second-order valence-electron chi connectivity index (χ2n) is 5.15. The fourth-order valence-corrected chi connectivity index (χ4v) is 4.76. The third kappa shape index (κ3) is 3.29. The number of rotatable bonds is 4. The first kappa shape index (κ1) is 19.4. The highest BCUT2D eigenvalue weighted by atomic mass is 32.2. The molecule has 0 saturated carbocycles. The average molecular weight is 409 g/mol. The second-order valence-corrected chi connectivity index (χ2v) is 7.40. The van der Waals surface area contributed by atoms with E-state index in [1.807, 2.05) is 12.1 Å². The molecule has 0 N–H and O–H groups in total. The highest BCUT2D eigenvalue weighted by Gasteiger charge is 2.28. The van der Waals surface area contributed by atoms with E-state index in [2.05, 4.69) is 16.0 Å². The lowest BCUT2D eigenvalue weighted by molar-refractivity contribution is 0.324. The van der Waals surface area contributed by atoms with Crippen LogP contribution in [0.1, 0.15) is 17.0 Å². The van der Waals surface area contributed by atoms with Crippen LogP contribution in [0, 0.1) is 34.0 Å². The fraction of sp³-hybridized carbons (Fsp3) is 0.167. The summed E-state index contributed by atoms with van der Waals surface area (Å²) in [6, 6.07) is 9.28. The summed E-state index contributed by atoms with van der Waals surface area (Å²) in [6.07, 6.45) is 0. The van der Waals surface area contributed by atoms with Crippen LogP contribution in [0.25, 0.3) is 5.57 Å². The molecule has 0 amide bonds. The predicted molar refractivity (Wildman–Crippen MR) is 102 cm³/mol. The number of methoxy groups -OCH3 is 3. The first-order valence-electron chi connectivity index (χ1n) is 7.62. The van der Waals surface area contributed by atoms with Crippen molar-refractivity contribution in [3.8, 4) is 35.5 Å². The highest BCUT2D eigenvalue weighted by Crippen LogP contribution is 2.53. The third-order valence-electron chi connectivity index (χ3n) is 3.69. The molecule has 1 aromatic heterocycles. The van der Waals surface area contributed by atoms with Crippen LogP contribution in [0.4, 0.5) is 0 Å². The van der Waals surface area contributed by atoms with Gasteiger partial charge in [0.15, 0.2) is 22.9 Å². The third-order valence-corrected chi connectivity index (χ3v) is 6.06. The Morgan fingerprint density at radius 3 is 1.71 bits per heavy atom. The molecule has 138 valence electrons. The Balaban J connectivity index is 2.12. The van der Waals surface area contributed by atoms with Gasteiger partial charge in [-0.3, -0.25) is 0 Å². The fourth-order valence-electron chi connectivity index (χ4n) is 2.45. The van der Waals surface area contributed by atoms with E-state index < -0.39 is 0 Å². The van der Waals surface area contributed by atoms with Gasteiger partial charge >= 0.3 is 0 Å². The van der Waals surface area contributed by atoms with E-state index in [4.69, 9.17) is 24.7 Å². The molecule has 2 heterocycles. The number of fused-ring (bicyclic) bond motifs is 1. The van der Waals surface area contributed by atoms with Crippen LogP contribution in [0.15, 0.2) is 26.4 Å². The van der Waals surface area contributed by atoms with Crippen LogP contribution in [0.5, 0.6) is 17.2 Å². The molecule has 0 radical (unpaired) electrons. The molecule has 0 bridgehead atoms. The summed E-state index contributed by atoms with van der Waals surface area (Å²) < 4.78 is 16.6. The molecule has 8 nitrogen and oxygen atoms in total. The smallest absolute Gasteiger partial charge is 0.203 e. The second kappa shape index (κ2) is 8.10. The molecule has 0 aliphatic carbocycles. The van der Waals surface area contributed by atoms with Crippen LogP contribution < -0.4 is 14.2 Å². The maximum atomic E-state index is 9.78. The lowest BCUT2D eigenvalue weighted by Crippen LogP contribution is -1.97. The van der Waals surface area contributed by atoms with Gasteiger partial charge in [-0.25, -0.2) is 9.97 Å². The molecule has 1 aliphatic rings. The van der Waals surface area contributed by atoms with E-state index in [-0.39, 0.29) is 11.4 Å². The molecule has 0 saturated heterocycles. The van der Waals surface area contributed by atoms with E-state index in [9.17, 15) is 5.26 Å². The van der Waals surface area contributed by atoms with Crippen LogP contribution >= 0.6 is 23.5 Å². The number of nitrogens with zero attached hydrogens (tertiary/aromatic N) is 5. The Labute approximate surface area is 169 Å². The largest absolute Gasteiger partial charge is 0.493 e. The van der Waals surface area contributed by atoms with E-state index in [0.717, 1.165) is 0 Å². The van der Waals surface area contributed by atoms with Crippen molar-refractivity contribution >= 4 is 29.1 Å². The molecule has 0 fully saturated rings. The Hall–Kier alpha value is -3.39. The van der Waals surface area contributed by atoms with Gasteiger partial charge in [-0.05, 0) is 12.1 Å². The summed E-state index contributed by atoms with van der Waals surface area (Å²) >= 11 is 2.44. The zero-order valence-electron chi connectivity index (χ0n) is 14.9. The highest BCUT2D eigenvalue weighted by molar-refractivity contribution is 8.24. The lowest BCUT2D eigenvalue weighted by atomic mass is 10.1. The molecule has 2 aromatic rings. The molecular weight excluding hydrogens is 398 g/mol. The minimum Gasteiger partial charge on any atom is -0.493 e. The molecule has 1 aliphatic heterocycles. The van der Waals surface area contributed by atoms with E-state index in [1.54, 1.807) is 12.1 Å². The summed E-state index contributed by atoms with van der Waals surface area (Å²) in [5, 5.41) is 29.0. The number of ether oxygens (including phenoxy) is 3.